The summed E-state index contributed by atoms with van der Waals surface area (Å²) in [4.78, 5) is 11.2. The number of hydrogen-bond acceptors (Lipinski definition) is 1. The molecule has 17 heavy (non-hydrogen) atoms. The topological polar surface area (TPSA) is 37.3 Å². The van der Waals surface area contributed by atoms with Gasteiger partial charge in [-0.25, -0.2) is 0 Å². The molecule has 1 unspecified atom stereocenters. The fourth-order valence-electron chi connectivity index (χ4n) is 1.64. The van der Waals surface area contributed by atoms with Gasteiger partial charge in [-0.1, -0.05) is 47.1 Å². The second kappa shape index (κ2) is 6.60. The molecule has 3 heteroatoms. The molecule has 0 radical (unpaired) electrons. The van der Waals surface area contributed by atoms with Crippen LogP contribution < -0.4 is 0 Å². The van der Waals surface area contributed by atoms with Crippen molar-refractivity contribution in [2.75, 3.05) is 0 Å². The summed E-state index contributed by atoms with van der Waals surface area (Å²) in [7, 11) is 0. The Morgan fingerprint density at radius 2 is 2.00 bits per heavy atom. The highest BCUT2D eigenvalue weighted by Gasteiger charge is 2.18. The van der Waals surface area contributed by atoms with E-state index >= 15 is 0 Å². The molecule has 0 aromatic heterocycles. The van der Waals surface area contributed by atoms with Crippen LogP contribution in [0.1, 0.15) is 25.3 Å². The van der Waals surface area contributed by atoms with Gasteiger partial charge in [0.1, 0.15) is 0 Å². The number of carboxylic acids is 1. The molecule has 1 N–H and O–H groups in total. The van der Waals surface area contributed by atoms with Crippen LogP contribution in [0.15, 0.2) is 40.9 Å². The summed E-state index contributed by atoms with van der Waals surface area (Å²) in [6.45, 7) is 5.88. The molecule has 0 saturated carbocycles. The standard InChI is InChI=1S/C14H17BrO2/c1-3-10(2)8-12(14(16)17)9-11-4-6-13(15)7-5-11/h4-7,12H,2-3,8-9H2,1H3,(H,16,17). The molecule has 0 aliphatic carbocycles. The largest absolute Gasteiger partial charge is 0.481 e. The Hall–Kier alpha value is -1.09. The van der Waals surface area contributed by atoms with Gasteiger partial charge in [0.05, 0.1) is 5.92 Å². The van der Waals surface area contributed by atoms with Crippen molar-refractivity contribution < 1.29 is 9.90 Å². The van der Waals surface area contributed by atoms with Gasteiger partial charge in [-0.3, -0.25) is 4.79 Å². The Bertz CT molecular complexity index is 395. The maximum atomic E-state index is 11.2. The Labute approximate surface area is 110 Å². The molecule has 0 saturated heterocycles. The second-order valence-corrected chi connectivity index (χ2v) is 5.09. The molecule has 2 nitrogen and oxygen atoms in total. The first kappa shape index (κ1) is 14.0. The third-order valence-corrected chi connectivity index (χ3v) is 3.31. The average molecular weight is 297 g/mol. The van der Waals surface area contributed by atoms with Gasteiger partial charge in [0.2, 0.25) is 0 Å². The van der Waals surface area contributed by atoms with E-state index in [-0.39, 0.29) is 5.92 Å². The second-order valence-electron chi connectivity index (χ2n) is 4.17. The molecular weight excluding hydrogens is 280 g/mol. The molecule has 1 rings (SSSR count). The van der Waals surface area contributed by atoms with Crippen molar-refractivity contribution in [3.63, 3.8) is 0 Å². The highest BCUT2D eigenvalue weighted by molar-refractivity contribution is 9.10. The average Bonchev–Trinajstić information content (AvgIpc) is 2.30. The lowest BCUT2D eigenvalue weighted by Gasteiger charge is -2.13. The van der Waals surface area contributed by atoms with Crippen molar-refractivity contribution >= 4 is 21.9 Å². The van der Waals surface area contributed by atoms with Crippen molar-refractivity contribution in [2.45, 2.75) is 26.2 Å². The Balaban J connectivity index is 2.70. The lowest BCUT2D eigenvalue weighted by Crippen LogP contribution is -2.17. The molecule has 0 spiro atoms. The highest BCUT2D eigenvalue weighted by atomic mass is 79.9. The summed E-state index contributed by atoms with van der Waals surface area (Å²) in [5, 5.41) is 9.18. The molecule has 0 heterocycles. The van der Waals surface area contributed by atoms with Gasteiger partial charge >= 0.3 is 5.97 Å². The summed E-state index contributed by atoms with van der Waals surface area (Å²) in [5.74, 6) is -1.12. The van der Waals surface area contributed by atoms with E-state index in [1.54, 1.807) is 0 Å². The van der Waals surface area contributed by atoms with Gasteiger partial charge in [-0.15, -0.1) is 0 Å². The van der Waals surface area contributed by atoms with E-state index in [2.05, 4.69) is 22.5 Å². The number of carbonyl (C=O) groups is 1. The van der Waals surface area contributed by atoms with Crippen LogP contribution >= 0.6 is 15.9 Å². The summed E-state index contributed by atoms with van der Waals surface area (Å²) >= 11 is 3.36. The molecule has 1 aromatic rings. The predicted molar refractivity (Wildman–Crippen MR) is 73.0 cm³/mol. The van der Waals surface area contributed by atoms with E-state index in [1.165, 1.54) is 0 Å². The number of halogens is 1. The van der Waals surface area contributed by atoms with Crippen LogP contribution in [0.5, 0.6) is 0 Å². The molecule has 0 aliphatic heterocycles. The van der Waals surface area contributed by atoms with Crippen LogP contribution in [0.25, 0.3) is 0 Å². The Morgan fingerprint density at radius 1 is 1.41 bits per heavy atom. The van der Waals surface area contributed by atoms with E-state index in [0.29, 0.717) is 12.8 Å². The van der Waals surface area contributed by atoms with Crippen molar-refractivity contribution in [1.29, 1.82) is 0 Å². The first-order chi connectivity index (χ1) is 8.02. The van der Waals surface area contributed by atoms with Crippen LogP contribution in [-0.2, 0) is 11.2 Å². The van der Waals surface area contributed by atoms with E-state index in [4.69, 9.17) is 0 Å². The zero-order chi connectivity index (χ0) is 12.8. The van der Waals surface area contributed by atoms with Gasteiger partial charge in [0.25, 0.3) is 0 Å². The normalized spacial score (nSPS) is 12.1. The van der Waals surface area contributed by atoms with Crippen molar-refractivity contribution in [3.8, 4) is 0 Å². The van der Waals surface area contributed by atoms with Gasteiger partial charge < -0.3 is 5.11 Å². The minimum absolute atomic E-state index is 0.372. The summed E-state index contributed by atoms with van der Waals surface area (Å²) in [5.41, 5.74) is 2.04. The summed E-state index contributed by atoms with van der Waals surface area (Å²) in [6.07, 6.45) is 1.95. The van der Waals surface area contributed by atoms with Crippen LogP contribution in [0.2, 0.25) is 0 Å². The molecule has 0 bridgehead atoms. The lowest BCUT2D eigenvalue weighted by molar-refractivity contribution is -0.141. The maximum Gasteiger partial charge on any atom is 0.307 e. The molecule has 1 atom stereocenters. The molecule has 92 valence electrons. The fraction of sp³-hybridized carbons (Fsp3) is 0.357. The van der Waals surface area contributed by atoms with Gasteiger partial charge in [0.15, 0.2) is 0 Å². The predicted octanol–water partition coefficient (Wildman–Crippen LogP) is 4.05. The monoisotopic (exact) mass is 296 g/mol. The zero-order valence-electron chi connectivity index (χ0n) is 9.95. The molecule has 1 aromatic carbocycles. The van der Waals surface area contributed by atoms with Gasteiger partial charge in [-0.2, -0.15) is 0 Å². The molecule has 0 amide bonds. The van der Waals surface area contributed by atoms with E-state index in [1.807, 2.05) is 31.2 Å². The fourth-order valence-corrected chi connectivity index (χ4v) is 1.91. The number of allylic oxidation sites excluding steroid dienone is 1. The third-order valence-electron chi connectivity index (χ3n) is 2.78. The lowest BCUT2D eigenvalue weighted by atomic mass is 9.92. The Morgan fingerprint density at radius 3 is 2.47 bits per heavy atom. The summed E-state index contributed by atoms with van der Waals surface area (Å²) < 4.78 is 1.01. The minimum Gasteiger partial charge on any atom is -0.481 e. The smallest absolute Gasteiger partial charge is 0.307 e. The third kappa shape index (κ3) is 4.73. The SMILES string of the molecule is C=C(CC)CC(Cc1ccc(Br)cc1)C(=O)O. The zero-order valence-corrected chi connectivity index (χ0v) is 11.5. The van der Waals surface area contributed by atoms with Crippen LogP contribution in [0.3, 0.4) is 0 Å². The van der Waals surface area contributed by atoms with E-state index in [9.17, 15) is 9.90 Å². The van der Waals surface area contributed by atoms with Crippen LogP contribution in [-0.4, -0.2) is 11.1 Å². The van der Waals surface area contributed by atoms with E-state index < -0.39 is 5.97 Å². The summed E-state index contributed by atoms with van der Waals surface area (Å²) in [6, 6.07) is 7.77. The Kier molecular flexibility index (Phi) is 5.42. The number of aliphatic carboxylic acids is 1. The first-order valence-electron chi connectivity index (χ1n) is 5.66. The minimum atomic E-state index is -0.748. The highest BCUT2D eigenvalue weighted by Crippen LogP contribution is 2.20. The van der Waals surface area contributed by atoms with Gasteiger partial charge in [-0.05, 0) is 37.0 Å². The van der Waals surface area contributed by atoms with Crippen molar-refractivity contribution in [2.24, 2.45) is 5.92 Å². The van der Waals surface area contributed by atoms with E-state index in [0.717, 1.165) is 22.0 Å². The number of hydrogen-bond donors (Lipinski definition) is 1. The van der Waals surface area contributed by atoms with Crippen LogP contribution in [0.4, 0.5) is 0 Å². The maximum absolute atomic E-state index is 11.2. The number of carboxylic acid groups (broad SMARTS) is 1. The van der Waals surface area contributed by atoms with Crippen molar-refractivity contribution in [3.05, 3.63) is 46.5 Å². The number of benzene rings is 1. The van der Waals surface area contributed by atoms with Crippen LogP contribution in [0, 0.1) is 5.92 Å². The quantitative estimate of drug-likeness (QED) is 0.804. The first-order valence-corrected chi connectivity index (χ1v) is 6.46. The van der Waals surface area contributed by atoms with Crippen molar-refractivity contribution in [1.82, 2.24) is 0 Å². The number of rotatable bonds is 6. The molecule has 0 fully saturated rings. The molecule has 0 aliphatic rings. The molecular formula is C14H17BrO2. The van der Waals surface area contributed by atoms with Gasteiger partial charge in [0, 0.05) is 4.47 Å².